The first-order valence-corrected chi connectivity index (χ1v) is 7.36. The van der Waals surface area contributed by atoms with Gasteiger partial charge in [0.1, 0.15) is 0 Å². The van der Waals surface area contributed by atoms with Crippen molar-refractivity contribution in [2.24, 2.45) is 5.41 Å². The molecule has 0 N–H and O–H groups in total. The summed E-state index contributed by atoms with van der Waals surface area (Å²) in [4.78, 5) is 0. The highest BCUT2D eigenvalue weighted by molar-refractivity contribution is 9.09. The lowest BCUT2D eigenvalue weighted by atomic mass is 9.84. The fourth-order valence-corrected chi connectivity index (χ4v) is 2.35. The summed E-state index contributed by atoms with van der Waals surface area (Å²) in [7, 11) is 0. The van der Waals surface area contributed by atoms with E-state index >= 15 is 0 Å². The van der Waals surface area contributed by atoms with Gasteiger partial charge in [0.15, 0.2) is 0 Å². The Morgan fingerprint density at radius 2 is 1.50 bits per heavy atom. The summed E-state index contributed by atoms with van der Waals surface area (Å²) in [6.07, 6.45) is 11.2. The molecule has 0 radical (unpaired) electrons. The van der Waals surface area contributed by atoms with E-state index in [0.717, 1.165) is 5.33 Å². The van der Waals surface area contributed by atoms with Gasteiger partial charge in [0, 0.05) is 5.33 Å². The molecule has 0 aliphatic carbocycles. The summed E-state index contributed by atoms with van der Waals surface area (Å²) < 4.78 is 0. The van der Waals surface area contributed by atoms with Crippen LogP contribution >= 0.6 is 15.9 Å². The molecule has 0 aromatic rings. The number of hydrogen-bond donors (Lipinski definition) is 0. The Bertz CT molecular complexity index is 116. The molecular weight excluding hydrogens is 236 g/mol. The Hall–Kier alpha value is 0.480. The number of alkyl halides is 1. The molecule has 0 bridgehead atoms. The fraction of sp³-hybridized carbons (Fsp3) is 1.00. The van der Waals surface area contributed by atoms with Crippen molar-refractivity contribution >= 4 is 15.9 Å². The molecule has 0 aromatic carbocycles. The van der Waals surface area contributed by atoms with Gasteiger partial charge in [-0.05, 0) is 18.3 Å². The maximum absolute atomic E-state index is 3.63. The largest absolute Gasteiger partial charge is 0.0922 e. The number of unbranched alkanes of at least 4 members (excludes halogenated alkanes) is 5. The van der Waals surface area contributed by atoms with Crippen LogP contribution in [-0.2, 0) is 0 Å². The quantitative estimate of drug-likeness (QED) is 0.378. The van der Waals surface area contributed by atoms with Gasteiger partial charge in [0.25, 0.3) is 0 Å². The van der Waals surface area contributed by atoms with Gasteiger partial charge in [0.2, 0.25) is 0 Å². The molecule has 0 rings (SSSR count). The maximum Gasteiger partial charge on any atom is 0.00852 e. The normalized spacial score (nSPS) is 15.4. The Morgan fingerprint density at radius 3 is 2.00 bits per heavy atom. The summed E-state index contributed by atoms with van der Waals surface area (Å²) in [6.45, 7) is 6.98. The highest BCUT2D eigenvalue weighted by Crippen LogP contribution is 2.30. The van der Waals surface area contributed by atoms with Crippen LogP contribution in [0.15, 0.2) is 0 Å². The summed E-state index contributed by atoms with van der Waals surface area (Å²) in [5.41, 5.74) is 0.546. The highest BCUT2D eigenvalue weighted by atomic mass is 79.9. The second-order valence-corrected chi connectivity index (χ2v) is 5.38. The molecule has 0 nitrogen and oxygen atoms in total. The van der Waals surface area contributed by atoms with Gasteiger partial charge < -0.3 is 0 Å². The molecular formula is C13H27Br. The highest BCUT2D eigenvalue weighted by Gasteiger charge is 2.19. The van der Waals surface area contributed by atoms with E-state index in [4.69, 9.17) is 0 Å². The van der Waals surface area contributed by atoms with Crippen molar-refractivity contribution in [3.63, 3.8) is 0 Å². The third kappa shape index (κ3) is 6.86. The summed E-state index contributed by atoms with van der Waals surface area (Å²) in [5.74, 6) is 0. The van der Waals surface area contributed by atoms with Crippen LogP contribution in [0.5, 0.6) is 0 Å². The first-order chi connectivity index (χ1) is 6.68. The molecule has 0 fully saturated rings. The van der Waals surface area contributed by atoms with Gasteiger partial charge in [-0.2, -0.15) is 0 Å². The molecule has 86 valence electrons. The monoisotopic (exact) mass is 262 g/mol. The number of halogens is 1. The molecule has 0 saturated heterocycles. The van der Waals surface area contributed by atoms with E-state index in [1.165, 1.54) is 51.4 Å². The molecule has 0 heterocycles. The van der Waals surface area contributed by atoms with Crippen LogP contribution < -0.4 is 0 Å². The number of hydrogen-bond acceptors (Lipinski definition) is 0. The van der Waals surface area contributed by atoms with Crippen LogP contribution in [0.4, 0.5) is 0 Å². The molecule has 0 saturated carbocycles. The molecule has 1 atom stereocenters. The third-order valence-electron chi connectivity index (χ3n) is 3.31. The first kappa shape index (κ1) is 14.5. The molecule has 0 amide bonds. The van der Waals surface area contributed by atoms with Gasteiger partial charge >= 0.3 is 0 Å². The minimum absolute atomic E-state index is 0.546. The van der Waals surface area contributed by atoms with E-state index in [1.54, 1.807) is 0 Å². The Kier molecular flexibility index (Phi) is 9.06. The summed E-state index contributed by atoms with van der Waals surface area (Å²) in [5, 5.41) is 1.16. The SMILES string of the molecule is CCCCCCCCC(C)(CC)CBr. The summed E-state index contributed by atoms with van der Waals surface area (Å²) >= 11 is 3.63. The van der Waals surface area contributed by atoms with Gasteiger partial charge in [-0.25, -0.2) is 0 Å². The van der Waals surface area contributed by atoms with Crippen LogP contribution in [0.3, 0.4) is 0 Å². The fourth-order valence-electron chi connectivity index (χ4n) is 1.67. The topological polar surface area (TPSA) is 0 Å². The van der Waals surface area contributed by atoms with Crippen molar-refractivity contribution in [1.82, 2.24) is 0 Å². The zero-order chi connectivity index (χ0) is 10.9. The second-order valence-electron chi connectivity index (χ2n) is 4.82. The smallest absolute Gasteiger partial charge is 0.00852 e. The standard InChI is InChI=1S/C13H27Br/c1-4-6-7-8-9-10-11-13(3,5-2)12-14/h4-12H2,1-3H3. The second kappa shape index (κ2) is 8.76. The van der Waals surface area contributed by atoms with Gasteiger partial charge in [-0.15, -0.1) is 0 Å². The minimum Gasteiger partial charge on any atom is -0.0922 e. The van der Waals surface area contributed by atoms with Crippen LogP contribution in [0, 0.1) is 5.41 Å². The Morgan fingerprint density at radius 1 is 0.929 bits per heavy atom. The average Bonchev–Trinajstić information content (AvgIpc) is 2.23. The Balaban J connectivity index is 3.34. The van der Waals surface area contributed by atoms with Crippen LogP contribution in [0.1, 0.15) is 72.1 Å². The average molecular weight is 263 g/mol. The van der Waals surface area contributed by atoms with Gasteiger partial charge in [0.05, 0.1) is 0 Å². The van der Waals surface area contributed by atoms with Crippen molar-refractivity contribution in [3.05, 3.63) is 0 Å². The zero-order valence-electron chi connectivity index (χ0n) is 10.2. The van der Waals surface area contributed by atoms with Crippen molar-refractivity contribution in [2.75, 3.05) is 5.33 Å². The lowest BCUT2D eigenvalue weighted by Crippen LogP contribution is -2.16. The van der Waals surface area contributed by atoms with Crippen LogP contribution in [-0.4, -0.2) is 5.33 Å². The molecule has 0 spiro atoms. The van der Waals surface area contributed by atoms with Crippen LogP contribution in [0.25, 0.3) is 0 Å². The molecule has 0 aliphatic heterocycles. The van der Waals surface area contributed by atoms with E-state index in [-0.39, 0.29) is 0 Å². The first-order valence-electron chi connectivity index (χ1n) is 6.24. The Labute approximate surface area is 99.0 Å². The third-order valence-corrected chi connectivity index (χ3v) is 4.66. The van der Waals surface area contributed by atoms with Crippen molar-refractivity contribution in [2.45, 2.75) is 72.1 Å². The lowest BCUT2D eigenvalue weighted by molar-refractivity contribution is 0.317. The molecule has 1 heteroatoms. The molecule has 14 heavy (non-hydrogen) atoms. The zero-order valence-corrected chi connectivity index (χ0v) is 11.8. The lowest BCUT2D eigenvalue weighted by Gasteiger charge is -2.25. The van der Waals surface area contributed by atoms with Gasteiger partial charge in [-0.3, -0.25) is 0 Å². The molecule has 0 aliphatic rings. The predicted molar refractivity (Wildman–Crippen MR) is 70.2 cm³/mol. The minimum atomic E-state index is 0.546. The van der Waals surface area contributed by atoms with Crippen molar-refractivity contribution in [1.29, 1.82) is 0 Å². The molecule has 1 unspecified atom stereocenters. The van der Waals surface area contributed by atoms with E-state index < -0.39 is 0 Å². The van der Waals surface area contributed by atoms with Crippen LogP contribution in [0.2, 0.25) is 0 Å². The van der Waals surface area contributed by atoms with Crippen molar-refractivity contribution in [3.8, 4) is 0 Å². The van der Waals surface area contributed by atoms with Crippen molar-refractivity contribution < 1.29 is 0 Å². The number of rotatable bonds is 9. The van der Waals surface area contributed by atoms with E-state index in [0.29, 0.717) is 5.41 Å². The van der Waals surface area contributed by atoms with E-state index in [9.17, 15) is 0 Å². The van der Waals surface area contributed by atoms with E-state index in [1.807, 2.05) is 0 Å². The summed E-state index contributed by atoms with van der Waals surface area (Å²) in [6, 6.07) is 0. The van der Waals surface area contributed by atoms with E-state index in [2.05, 4.69) is 36.7 Å². The molecule has 0 aromatic heterocycles. The maximum atomic E-state index is 3.63. The predicted octanol–water partition coefficient (Wildman–Crippen LogP) is 5.55. The van der Waals surface area contributed by atoms with Gasteiger partial charge in [-0.1, -0.05) is 75.2 Å².